The second-order valence-corrected chi connectivity index (χ2v) is 5.23. The minimum absolute atomic E-state index is 0.0259. The molecule has 0 aromatic carbocycles. The number of nitrogens with zero attached hydrogens (tertiary/aromatic N) is 2. The van der Waals surface area contributed by atoms with E-state index in [1.54, 1.807) is 12.0 Å². The summed E-state index contributed by atoms with van der Waals surface area (Å²) in [5, 5.41) is 3.19. The van der Waals surface area contributed by atoms with Crippen LogP contribution >= 0.6 is 0 Å². The molecule has 0 radical (unpaired) electrons. The molecular formula is C16H27N3O2. The zero-order valence-electron chi connectivity index (χ0n) is 13.8. The number of amides is 1. The molecule has 0 bridgehead atoms. The predicted octanol–water partition coefficient (Wildman–Crippen LogP) is 2.75. The lowest BCUT2D eigenvalue weighted by Gasteiger charge is -2.21. The fraction of sp³-hybridized carbons (Fsp3) is 0.625. The molecule has 1 aromatic rings. The van der Waals surface area contributed by atoms with E-state index in [9.17, 15) is 4.79 Å². The number of methoxy groups -OCH3 is 1. The lowest BCUT2D eigenvalue weighted by molar-refractivity contribution is 0.0706. The maximum atomic E-state index is 12.6. The molecule has 1 amide bonds. The van der Waals surface area contributed by atoms with E-state index in [0.29, 0.717) is 25.3 Å². The van der Waals surface area contributed by atoms with E-state index in [-0.39, 0.29) is 11.8 Å². The molecule has 21 heavy (non-hydrogen) atoms. The van der Waals surface area contributed by atoms with Gasteiger partial charge in [0.1, 0.15) is 5.82 Å². The number of hydrogen-bond donors (Lipinski definition) is 1. The second-order valence-electron chi connectivity index (χ2n) is 5.23. The molecule has 0 aliphatic rings. The highest BCUT2D eigenvalue weighted by Gasteiger charge is 2.17. The quantitative estimate of drug-likeness (QED) is 0.800. The first-order valence-electron chi connectivity index (χ1n) is 7.57. The van der Waals surface area contributed by atoms with Crippen LogP contribution in [0, 0.1) is 0 Å². The standard InChI is InChI=1S/C16H27N3O2/c1-6-17-15-11-13(10-14(18-15)12(3)4)16(20)19(7-2)8-9-21-5/h10-12H,6-9H2,1-5H3,(H,17,18). The van der Waals surface area contributed by atoms with Gasteiger partial charge in [0.05, 0.1) is 6.61 Å². The van der Waals surface area contributed by atoms with Crippen LogP contribution in [0.25, 0.3) is 0 Å². The predicted molar refractivity (Wildman–Crippen MR) is 85.9 cm³/mol. The van der Waals surface area contributed by atoms with E-state index in [2.05, 4.69) is 24.1 Å². The van der Waals surface area contributed by atoms with Gasteiger partial charge in [0.2, 0.25) is 0 Å². The Kier molecular flexibility index (Phi) is 7.15. The first-order chi connectivity index (χ1) is 10.0. The van der Waals surface area contributed by atoms with Crippen LogP contribution in [0.1, 0.15) is 49.7 Å². The summed E-state index contributed by atoms with van der Waals surface area (Å²) in [5.41, 5.74) is 1.61. The van der Waals surface area contributed by atoms with E-state index in [1.165, 1.54) is 0 Å². The third kappa shape index (κ3) is 5.01. The minimum atomic E-state index is 0.0259. The topological polar surface area (TPSA) is 54.5 Å². The summed E-state index contributed by atoms with van der Waals surface area (Å²) in [6.45, 7) is 10.7. The molecule has 1 aromatic heterocycles. The molecule has 0 aliphatic heterocycles. The third-order valence-corrected chi connectivity index (χ3v) is 3.28. The van der Waals surface area contributed by atoms with Gasteiger partial charge in [-0.2, -0.15) is 0 Å². The number of pyridine rings is 1. The summed E-state index contributed by atoms with van der Waals surface area (Å²) < 4.78 is 5.07. The van der Waals surface area contributed by atoms with E-state index in [1.807, 2.05) is 26.0 Å². The molecule has 0 spiro atoms. The number of nitrogens with one attached hydrogen (secondary N) is 1. The molecule has 0 saturated heterocycles. The Bertz CT molecular complexity index is 461. The van der Waals surface area contributed by atoms with Crippen LogP contribution in [0.3, 0.4) is 0 Å². The number of hydrogen-bond acceptors (Lipinski definition) is 4. The lowest BCUT2D eigenvalue weighted by Crippen LogP contribution is -2.33. The lowest BCUT2D eigenvalue weighted by atomic mass is 10.1. The van der Waals surface area contributed by atoms with Crippen molar-refractivity contribution in [1.82, 2.24) is 9.88 Å². The molecule has 1 heterocycles. The molecule has 1 rings (SSSR count). The van der Waals surface area contributed by atoms with Crippen molar-refractivity contribution >= 4 is 11.7 Å². The van der Waals surface area contributed by atoms with Crippen molar-refractivity contribution < 1.29 is 9.53 Å². The van der Waals surface area contributed by atoms with Crippen molar-refractivity contribution in [3.05, 3.63) is 23.4 Å². The Morgan fingerprint density at radius 1 is 1.38 bits per heavy atom. The Balaban J connectivity index is 3.05. The maximum absolute atomic E-state index is 12.6. The van der Waals surface area contributed by atoms with Crippen molar-refractivity contribution in [2.75, 3.05) is 38.7 Å². The number of anilines is 1. The Morgan fingerprint density at radius 3 is 2.62 bits per heavy atom. The minimum Gasteiger partial charge on any atom is -0.383 e. The second kappa shape index (κ2) is 8.62. The fourth-order valence-corrected chi connectivity index (χ4v) is 2.03. The van der Waals surface area contributed by atoms with Crippen LogP contribution < -0.4 is 5.32 Å². The van der Waals surface area contributed by atoms with Gasteiger partial charge >= 0.3 is 0 Å². The Morgan fingerprint density at radius 2 is 2.10 bits per heavy atom. The summed E-state index contributed by atoms with van der Waals surface area (Å²) in [4.78, 5) is 19.0. The molecule has 118 valence electrons. The van der Waals surface area contributed by atoms with Crippen molar-refractivity contribution in [3.8, 4) is 0 Å². The van der Waals surface area contributed by atoms with Crippen LogP contribution in [-0.4, -0.2) is 49.1 Å². The normalized spacial score (nSPS) is 10.8. The van der Waals surface area contributed by atoms with Crippen LogP contribution in [-0.2, 0) is 4.74 Å². The summed E-state index contributed by atoms with van der Waals surface area (Å²) in [6.07, 6.45) is 0. The Labute approximate surface area is 127 Å². The summed E-state index contributed by atoms with van der Waals surface area (Å²) in [6, 6.07) is 3.72. The fourth-order valence-electron chi connectivity index (χ4n) is 2.03. The van der Waals surface area contributed by atoms with Crippen molar-refractivity contribution in [1.29, 1.82) is 0 Å². The van der Waals surface area contributed by atoms with Gasteiger partial charge in [-0.1, -0.05) is 13.8 Å². The molecule has 1 N–H and O–H groups in total. The highest BCUT2D eigenvalue weighted by molar-refractivity contribution is 5.95. The number of carbonyl (C=O) groups excluding carboxylic acids is 1. The van der Waals surface area contributed by atoms with Gasteiger partial charge in [-0.15, -0.1) is 0 Å². The van der Waals surface area contributed by atoms with Gasteiger partial charge in [-0.25, -0.2) is 4.98 Å². The van der Waals surface area contributed by atoms with E-state index in [0.717, 1.165) is 18.1 Å². The molecule has 0 atom stereocenters. The van der Waals surface area contributed by atoms with Crippen LogP contribution in [0.2, 0.25) is 0 Å². The van der Waals surface area contributed by atoms with Gasteiger partial charge in [-0.3, -0.25) is 4.79 Å². The molecular weight excluding hydrogens is 266 g/mol. The zero-order chi connectivity index (χ0) is 15.8. The summed E-state index contributed by atoms with van der Waals surface area (Å²) in [5.74, 6) is 1.07. The first kappa shape index (κ1) is 17.4. The number of rotatable bonds is 8. The first-order valence-corrected chi connectivity index (χ1v) is 7.57. The highest BCUT2D eigenvalue weighted by Crippen LogP contribution is 2.19. The summed E-state index contributed by atoms with van der Waals surface area (Å²) >= 11 is 0. The van der Waals surface area contributed by atoms with Crippen LogP contribution in [0.4, 0.5) is 5.82 Å². The monoisotopic (exact) mass is 293 g/mol. The number of likely N-dealkylation sites (N-methyl/N-ethyl adjacent to an activating group) is 1. The average Bonchev–Trinajstić information content (AvgIpc) is 2.47. The van der Waals surface area contributed by atoms with Crippen molar-refractivity contribution in [3.63, 3.8) is 0 Å². The summed E-state index contributed by atoms with van der Waals surface area (Å²) in [7, 11) is 1.64. The molecule has 5 nitrogen and oxygen atoms in total. The molecule has 5 heteroatoms. The van der Waals surface area contributed by atoms with Crippen LogP contribution in [0.15, 0.2) is 12.1 Å². The van der Waals surface area contributed by atoms with E-state index >= 15 is 0 Å². The van der Waals surface area contributed by atoms with Gasteiger partial charge in [0, 0.05) is 38.0 Å². The van der Waals surface area contributed by atoms with Crippen LogP contribution in [0.5, 0.6) is 0 Å². The van der Waals surface area contributed by atoms with Gasteiger partial charge in [0.25, 0.3) is 5.91 Å². The van der Waals surface area contributed by atoms with E-state index < -0.39 is 0 Å². The van der Waals surface area contributed by atoms with Crippen molar-refractivity contribution in [2.45, 2.75) is 33.6 Å². The Hall–Kier alpha value is -1.62. The number of carbonyl (C=O) groups is 1. The van der Waals surface area contributed by atoms with Crippen molar-refractivity contribution in [2.24, 2.45) is 0 Å². The molecule has 0 fully saturated rings. The molecule has 0 saturated carbocycles. The SMILES string of the molecule is CCNc1cc(C(=O)N(CC)CCOC)cc(C(C)C)n1. The third-order valence-electron chi connectivity index (χ3n) is 3.28. The largest absolute Gasteiger partial charge is 0.383 e. The van der Waals surface area contributed by atoms with Gasteiger partial charge in [-0.05, 0) is 31.9 Å². The average molecular weight is 293 g/mol. The van der Waals surface area contributed by atoms with Gasteiger partial charge in [0.15, 0.2) is 0 Å². The van der Waals surface area contributed by atoms with E-state index in [4.69, 9.17) is 4.74 Å². The smallest absolute Gasteiger partial charge is 0.254 e. The highest BCUT2D eigenvalue weighted by atomic mass is 16.5. The van der Waals surface area contributed by atoms with Gasteiger partial charge < -0.3 is 15.0 Å². The number of ether oxygens (including phenoxy) is 1. The zero-order valence-corrected chi connectivity index (χ0v) is 13.8. The maximum Gasteiger partial charge on any atom is 0.254 e. The molecule has 0 unspecified atom stereocenters. The molecule has 0 aliphatic carbocycles. The number of aromatic nitrogens is 1.